The van der Waals surface area contributed by atoms with Gasteiger partial charge in [0.25, 0.3) is 0 Å². The topological polar surface area (TPSA) is 91.6 Å². The van der Waals surface area contributed by atoms with Gasteiger partial charge in [0.15, 0.2) is 0 Å². The van der Waals surface area contributed by atoms with Crippen LogP contribution in [0.3, 0.4) is 0 Å². The summed E-state index contributed by atoms with van der Waals surface area (Å²) in [6.45, 7) is 1.90. The molecule has 20 heavy (non-hydrogen) atoms. The average Bonchev–Trinajstić information content (AvgIpc) is 2.99. The quantitative estimate of drug-likeness (QED) is 0.766. The molecule has 1 heterocycles. The molecule has 1 saturated carbocycles. The highest BCUT2D eigenvalue weighted by atomic mass is 16.4. The predicted octanol–water partition coefficient (Wildman–Crippen LogP) is 1.76. The Morgan fingerprint density at radius 1 is 1.50 bits per heavy atom. The zero-order valence-electron chi connectivity index (χ0n) is 11.5. The lowest BCUT2D eigenvalue weighted by molar-refractivity contribution is -0.141. The molecular weight excluding hydrogens is 260 g/mol. The number of carboxylic acids is 1. The molecule has 1 aliphatic carbocycles. The monoisotopic (exact) mass is 280 g/mol. The van der Waals surface area contributed by atoms with E-state index in [-0.39, 0.29) is 24.0 Å². The van der Waals surface area contributed by atoms with Crippen LogP contribution in [0.1, 0.15) is 31.9 Å². The second kappa shape index (κ2) is 6.45. The van der Waals surface area contributed by atoms with Gasteiger partial charge in [0.2, 0.25) is 0 Å². The van der Waals surface area contributed by atoms with Crippen molar-refractivity contribution in [3.05, 3.63) is 24.2 Å². The Kier molecular flexibility index (Phi) is 4.65. The van der Waals surface area contributed by atoms with E-state index in [1.54, 1.807) is 6.26 Å². The zero-order valence-corrected chi connectivity index (χ0v) is 11.5. The van der Waals surface area contributed by atoms with Crippen LogP contribution in [0, 0.1) is 5.92 Å². The van der Waals surface area contributed by atoms with Crippen molar-refractivity contribution in [3.8, 4) is 0 Å². The van der Waals surface area contributed by atoms with Gasteiger partial charge >= 0.3 is 12.0 Å². The summed E-state index contributed by atoms with van der Waals surface area (Å²) in [6, 6.07) is 3.34. The van der Waals surface area contributed by atoms with Crippen LogP contribution in [0.15, 0.2) is 22.8 Å². The van der Waals surface area contributed by atoms with E-state index < -0.39 is 5.97 Å². The van der Waals surface area contributed by atoms with Crippen LogP contribution in [-0.2, 0) is 11.2 Å². The van der Waals surface area contributed by atoms with E-state index in [9.17, 15) is 9.59 Å². The molecule has 2 amide bonds. The molecule has 0 aliphatic heterocycles. The first-order chi connectivity index (χ1) is 9.54. The highest BCUT2D eigenvalue weighted by molar-refractivity contribution is 5.75. The largest absolute Gasteiger partial charge is 0.481 e. The Hall–Kier alpha value is -1.98. The van der Waals surface area contributed by atoms with E-state index in [1.807, 2.05) is 19.1 Å². The molecule has 0 radical (unpaired) electrons. The highest BCUT2D eigenvalue weighted by Gasteiger charge is 2.30. The van der Waals surface area contributed by atoms with Crippen LogP contribution in [0.4, 0.5) is 4.79 Å². The Morgan fingerprint density at radius 3 is 2.90 bits per heavy atom. The second-order valence-electron chi connectivity index (χ2n) is 5.35. The molecule has 0 spiro atoms. The molecule has 6 nitrogen and oxygen atoms in total. The molecule has 3 N–H and O–H groups in total. The Bertz CT molecular complexity index is 458. The molecule has 3 atom stereocenters. The first-order valence-corrected chi connectivity index (χ1v) is 6.87. The third-order valence-electron chi connectivity index (χ3n) is 3.58. The molecule has 0 aromatic carbocycles. The summed E-state index contributed by atoms with van der Waals surface area (Å²) in [5.41, 5.74) is 0. The molecule has 1 aromatic rings. The van der Waals surface area contributed by atoms with Gasteiger partial charge < -0.3 is 20.2 Å². The first-order valence-electron chi connectivity index (χ1n) is 6.87. The highest BCUT2D eigenvalue weighted by Crippen LogP contribution is 2.25. The van der Waals surface area contributed by atoms with E-state index in [4.69, 9.17) is 9.52 Å². The summed E-state index contributed by atoms with van der Waals surface area (Å²) >= 11 is 0. The number of nitrogens with one attached hydrogen (secondary N) is 2. The lowest BCUT2D eigenvalue weighted by Gasteiger charge is -2.17. The smallest absolute Gasteiger partial charge is 0.315 e. The number of hydrogen-bond acceptors (Lipinski definition) is 3. The fraction of sp³-hybridized carbons (Fsp3) is 0.571. The molecular formula is C14H20N2O4. The molecule has 1 aromatic heterocycles. The number of amides is 2. The molecule has 2 rings (SSSR count). The molecule has 3 unspecified atom stereocenters. The van der Waals surface area contributed by atoms with Crippen molar-refractivity contribution in [1.82, 2.24) is 10.6 Å². The van der Waals surface area contributed by atoms with Crippen molar-refractivity contribution >= 4 is 12.0 Å². The van der Waals surface area contributed by atoms with Crippen LogP contribution < -0.4 is 10.6 Å². The fourth-order valence-electron chi connectivity index (χ4n) is 2.57. The van der Waals surface area contributed by atoms with Gasteiger partial charge in [-0.05, 0) is 38.3 Å². The number of carbonyl (C=O) groups is 2. The van der Waals surface area contributed by atoms with Crippen molar-refractivity contribution in [3.63, 3.8) is 0 Å². The summed E-state index contributed by atoms with van der Waals surface area (Å²) in [5.74, 6) is -0.286. The third kappa shape index (κ3) is 4.01. The molecule has 110 valence electrons. The van der Waals surface area contributed by atoms with Crippen LogP contribution in [0.25, 0.3) is 0 Å². The summed E-state index contributed by atoms with van der Waals surface area (Å²) in [6.07, 6.45) is 4.09. The standard InChI is InChI=1S/C14H20N2O4/c1-9(7-12-3-2-6-20-12)15-14(19)16-11-5-4-10(8-11)13(17)18/h2-3,6,9-11H,4-5,7-8H2,1H3,(H,17,18)(H2,15,16,19). The fourth-order valence-corrected chi connectivity index (χ4v) is 2.57. The molecule has 1 aliphatic rings. The normalized spacial score (nSPS) is 23.2. The van der Waals surface area contributed by atoms with Crippen molar-refractivity contribution in [2.75, 3.05) is 0 Å². The number of carbonyl (C=O) groups excluding carboxylic acids is 1. The van der Waals surface area contributed by atoms with Gasteiger partial charge in [0, 0.05) is 18.5 Å². The van der Waals surface area contributed by atoms with Gasteiger partial charge in [0.05, 0.1) is 12.2 Å². The molecule has 6 heteroatoms. The predicted molar refractivity (Wildman–Crippen MR) is 72.3 cm³/mol. The second-order valence-corrected chi connectivity index (χ2v) is 5.35. The maximum absolute atomic E-state index is 11.8. The summed E-state index contributed by atoms with van der Waals surface area (Å²) < 4.78 is 5.22. The van der Waals surface area contributed by atoms with Gasteiger partial charge in [-0.25, -0.2) is 4.79 Å². The van der Waals surface area contributed by atoms with E-state index in [0.29, 0.717) is 19.3 Å². The van der Waals surface area contributed by atoms with E-state index >= 15 is 0 Å². The Labute approximate surface area is 117 Å². The number of carboxylic acid groups (broad SMARTS) is 1. The number of hydrogen-bond donors (Lipinski definition) is 3. The van der Waals surface area contributed by atoms with Crippen LogP contribution in [0.2, 0.25) is 0 Å². The van der Waals surface area contributed by atoms with Crippen LogP contribution in [-0.4, -0.2) is 29.2 Å². The van der Waals surface area contributed by atoms with Crippen molar-refractivity contribution < 1.29 is 19.1 Å². The van der Waals surface area contributed by atoms with E-state index in [1.165, 1.54) is 0 Å². The number of furan rings is 1. The van der Waals surface area contributed by atoms with Gasteiger partial charge in [0.1, 0.15) is 5.76 Å². The van der Waals surface area contributed by atoms with Gasteiger partial charge in [-0.2, -0.15) is 0 Å². The Balaban J connectivity index is 1.71. The zero-order chi connectivity index (χ0) is 14.5. The Morgan fingerprint density at radius 2 is 2.30 bits per heavy atom. The molecule has 1 fully saturated rings. The average molecular weight is 280 g/mol. The van der Waals surface area contributed by atoms with Crippen molar-refractivity contribution in [2.45, 2.75) is 44.7 Å². The molecule has 0 bridgehead atoms. The maximum atomic E-state index is 11.8. The lowest BCUT2D eigenvalue weighted by atomic mass is 10.1. The van der Waals surface area contributed by atoms with Crippen LogP contribution >= 0.6 is 0 Å². The summed E-state index contributed by atoms with van der Waals surface area (Å²) in [7, 11) is 0. The first kappa shape index (κ1) is 14.4. The maximum Gasteiger partial charge on any atom is 0.315 e. The van der Waals surface area contributed by atoms with Crippen LogP contribution in [0.5, 0.6) is 0 Å². The summed E-state index contributed by atoms with van der Waals surface area (Å²) in [4.78, 5) is 22.7. The summed E-state index contributed by atoms with van der Waals surface area (Å²) in [5, 5.41) is 14.6. The minimum atomic E-state index is -0.777. The van der Waals surface area contributed by atoms with E-state index in [0.717, 1.165) is 12.2 Å². The molecule has 0 saturated heterocycles. The minimum Gasteiger partial charge on any atom is -0.481 e. The van der Waals surface area contributed by atoms with Crippen molar-refractivity contribution in [2.24, 2.45) is 5.92 Å². The van der Waals surface area contributed by atoms with Gasteiger partial charge in [-0.3, -0.25) is 4.79 Å². The van der Waals surface area contributed by atoms with Crippen molar-refractivity contribution in [1.29, 1.82) is 0 Å². The van der Waals surface area contributed by atoms with E-state index in [2.05, 4.69) is 10.6 Å². The number of aliphatic carboxylic acids is 1. The lowest BCUT2D eigenvalue weighted by Crippen LogP contribution is -2.45. The van der Waals surface area contributed by atoms with Gasteiger partial charge in [-0.1, -0.05) is 0 Å². The number of rotatable bonds is 5. The minimum absolute atomic E-state index is 0.0437. The number of urea groups is 1. The van der Waals surface area contributed by atoms with Gasteiger partial charge in [-0.15, -0.1) is 0 Å². The SMILES string of the molecule is CC(Cc1ccco1)NC(=O)NC1CCC(C(=O)O)C1. The third-order valence-corrected chi connectivity index (χ3v) is 3.58.